The second-order valence-corrected chi connectivity index (χ2v) is 4.51. The summed E-state index contributed by atoms with van der Waals surface area (Å²) in [7, 11) is 1.60. The van der Waals surface area contributed by atoms with Crippen LogP contribution in [0, 0.1) is 0 Å². The first-order valence-corrected chi connectivity index (χ1v) is 6.11. The monoisotopic (exact) mass is 306 g/mol. The number of nitrogens with zero attached hydrogens (tertiary/aromatic N) is 2. The zero-order chi connectivity index (χ0) is 13.0. The summed E-state index contributed by atoms with van der Waals surface area (Å²) in [4.78, 5) is 19.7. The number of benzene rings is 1. The van der Waals surface area contributed by atoms with Gasteiger partial charge in [-0.15, -0.1) is 0 Å². The maximum Gasteiger partial charge on any atom is 0.185 e. The Morgan fingerprint density at radius 3 is 2.89 bits per heavy atom. The minimum atomic E-state index is -0.0497. The molecule has 0 saturated carbocycles. The first-order valence-electron chi connectivity index (χ1n) is 5.32. The number of ether oxygens (including phenoxy) is 1. The summed E-state index contributed by atoms with van der Waals surface area (Å²) >= 11 is 3.42. The molecule has 0 fully saturated rings. The number of rotatable bonds is 4. The third kappa shape index (κ3) is 2.92. The van der Waals surface area contributed by atoms with Crippen molar-refractivity contribution in [1.29, 1.82) is 0 Å². The van der Waals surface area contributed by atoms with Gasteiger partial charge in [0.25, 0.3) is 0 Å². The molecule has 92 valence electrons. The molecular weight excluding hydrogens is 296 g/mol. The minimum Gasteiger partial charge on any atom is -0.497 e. The number of hydrogen-bond donors (Lipinski definition) is 0. The molecule has 0 bridgehead atoms. The third-order valence-corrected chi connectivity index (χ3v) is 3.25. The van der Waals surface area contributed by atoms with Gasteiger partial charge in [0.1, 0.15) is 17.8 Å². The van der Waals surface area contributed by atoms with Crippen LogP contribution in [-0.4, -0.2) is 22.9 Å². The van der Waals surface area contributed by atoms with Crippen molar-refractivity contribution in [1.82, 2.24) is 9.97 Å². The number of hydrogen-bond acceptors (Lipinski definition) is 4. The molecule has 0 atom stereocenters. The van der Waals surface area contributed by atoms with Crippen molar-refractivity contribution in [3.05, 3.63) is 52.5 Å². The van der Waals surface area contributed by atoms with E-state index in [1.165, 1.54) is 6.33 Å². The fraction of sp³-hybridized carbons (Fsp3) is 0.154. The van der Waals surface area contributed by atoms with E-state index < -0.39 is 0 Å². The van der Waals surface area contributed by atoms with Crippen LogP contribution in [0.5, 0.6) is 5.75 Å². The predicted molar refractivity (Wildman–Crippen MR) is 70.8 cm³/mol. The SMILES string of the molecule is COc1ccc(Br)c(CC(=O)c2ccncn2)c1. The number of methoxy groups -OCH3 is 1. The van der Waals surface area contributed by atoms with Gasteiger partial charge in [0.2, 0.25) is 0 Å². The first kappa shape index (κ1) is 12.7. The minimum absolute atomic E-state index is 0.0497. The highest BCUT2D eigenvalue weighted by atomic mass is 79.9. The highest BCUT2D eigenvalue weighted by Gasteiger charge is 2.11. The van der Waals surface area contributed by atoms with Gasteiger partial charge in [-0.2, -0.15) is 0 Å². The van der Waals surface area contributed by atoms with Gasteiger partial charge in [-0.1, -0.05) is 15.9 Å². The summed E-state index contributed by atoms with van der Waals surface area (Å²) < 4.78 is 6.02. The van der Waals surface area contributed by atoms with Crippen molar-refractivity contribution < 1.29 is 9.53 Å². The fourth-order valence-corrected chi connectivity index (χ4v) is 1.92. The van der Waals surface area contributed by atoms with Crippen LogP contribution in [0.4, 0.5) is 0 Å². The summed E-state index contributed by atoms with van der Waals surface area (Å²) in [5, 5.41) is 0. The summed E-state index contributed by atoms with van der Waals surface area (Å²) in [6.07, 6.45) is 3.20. The second kappa shape index (κ2) is 5.73. The molecule has 1 aromatic carbocycles. The van der Waals surface area contributed by atoms with Gasteiger partial charge in [-0.25, -0.2) is 9.97 Å². The topological polar surface area (TPSA) is 52.1 Å². The molecular formula is C13H11BrN2O2. The maximum atomic E-state index is 12.0. The van der Waals surface area contributed by atoms with Crippen molar-refractivity contribution in [2.75, 3.05) is 7.11 Å². The molecule has 0 spiro atoms. The average molecular weight is 307 g/mol. The zero-order valence-electron chi connectivity index (χ0n) is 9.76. The molecule has 0 aliphatic carbocycles. The Bertz CT molecular complexity index is 558. The molecule has 2 aromatic rings. The third-order valence-electron chi connectivity index (χ3n) is 2.47. The molecule has 0 unspecified atom stereocenters. The zero-order valence-corrected chi connectivity index (χ0v) is 11.3. The van der Waals surface area contributed by atoms with E-state index in [1.807, 2.05) is 18.2 Å². The van der Waals surface area contributed by atoms with Gasteiger partial charge in [-0.05, 0) is 29.8 Å². The number of halogens is 1. The summed E-state index contributed by atoms with van der Waals surface area (Å²) in [5.74, 6) is 0.676. The van der Waals surface area contributed by atoms with Gasteiger partial charge >= 0.3 is 0 Å². The number of ketones is 1. The van der Waals surface area contributed by atoms with E-state index in [0.29, 0.717) is 5.69 Å². The van der Waals surface area contributed by atoms with E-state index in [0.717, 1.165) is 15.8 Å². The molecule has 0 aliphatic rings. The van der Waals surface area contributed by atoms with E-state index >= 15 is 0 Å². The molecule has 2 rings (SSSR count). The van der Waals surface area contributed by atoms with Gasteiger partial charge < -0.3 is 4.74 Å². The highest BCUT2D eigenvalue weighted by molar-refractivity contribution is 9.10. The Morgan fingerprint density at radius 2 is 2.22 bits per heavy atom. The maximum absolute atomic E-state index is 12.0. The molecule has 0 aliphatic heterocycles. The van der Waals surface area contributed by atoms with Crippen LogP contribution < -0.4 is 4.74 Å². The molecule has 0 amide bonds. The summed E-state index contributed by atoms with van der Waals surface area (Å²) in [6, 6.07) is 7.14. The van der Waals surface area contributed by atoms with Crippen molar-refractivity contribution in [3.8, 4) is 5.75 Å². The van der Waals surface area contributed by atoms with Crippen LogP contribution in [0.1, 0.15) is 16.1 Å². The molecule has 1 heterocycles. The van der Waals surface area contributed by atoms with E-state index in [-0.39, 0.29) is 12.2 Å². The molecule has 18 heavy (non-hydrogen) atoms. The van der Waals surface area contributed by atoms with E-state index in [1.54, 1.807) is 19.4 Å². The van der Waals surface area contributed by atoms with Crippen LogP contribution in [-0.2, 0) is 6.42 Å². The smallest absolute Gasteiger partial charge is 0.185 e. The lowest BCUT2D eigenvalue weighted by Gasteiger charge is -2.06. The Morgan fingerprint density at radius 1 is 1.39 bits per heavy atom. The molecule has 1 aromatic heterocycles. The van der Waals surface area contributed by atoms with Crippen LogP contribution in [0.15, 0.2) is 41.3 Å². The number of aromatic nitrogens is 2. The van der Waals surface area contributed by atoms with E-state index in [2.05, 4.69) is 25.9 Å². The first-order chi connectivity index (χ1) is 8.70. The summed E-state index contributed by atoms with van der Waals surface area (Å²) in [6.45, 7) is 0. The van der Waals surface area contributed by atoms with Crippen molar-refractivity contribution in [2.24, 2.45) is 0 Å². The van der Waals surface area contributed by atoms with Gasteiger partial charge in [0.05, 0.1) is 7.11 Å². The molecule has 5 heteroatoms. The molecule has 4 nitrogen and oxygen atoms in total. The van der Waals surface area contributed by atoms with Gasteiger partial charge in [-0.3, -0.25) is 4.79 Å². The number of Topliss-reactive ketones (excluding diaryl/α,β-unsaturated/α-hetero) is 1. The Kier molecular flexibility index (Phi) is 4.04. The molecule has 0 radical (unpaired) electrons. The van der Waals surface area contributed by atoms with Crippen LogP contribution >= 0.6 is 15.9 Å². The largest absolute Gasteiger partial charge is 0.497 e. The van der Waals surface area contributed by atoms with Crippen LogP contribution in [0.3, 0.4) is 0 Å². The lowest BCUT2D eigenvalue weighted by molar-refractivity contribution is 0.0988. The van der Waals surface area contributed by atoms with Gasteiger partial charge in [0, 0.05) is 17.1 Å². The Labute approximate surface area is 113 Å². The van der Waals surface area contributed by atoms with Gasteiger partial charge in [0.15, 0.2) is 5.78 Å². The lowest BCUT2D eigenvalue weighted by Crippen LogP contribution is -2.06. The second-order valence-electron chi connectivity index (χ2n) is 3.65. The van der Waals surface area contributed by atoms with Crippen LogP contribution in [0.2, 0.25) is 0 Å². The van der Waals surface area contributed by atoms with E-state index in [4.69, 9.17) is 4.74 Å². The molecule has 0 saturated heterocycles. The highest BCUT2D eigenvalue weighted by Crippen LogP contribution is 2.23. The van der Waals surface area contributed by atoms with Crippen molar-refractivity contribution in [2.45, 2.75) is 6.42 Å². The van der Waals surface area contributed by atoms with Crippen molar-refractivity contribution in [3.63, 3.8) is 0 Å². The summed E-state index contributed by atoms with van der Waals surface area (Å²) in [5.41, 5.74) is 1.29. The number of carbonyl (C=O) groups is 1. The average Bonchev–Trinajstić information content (AvgIpc) is 2.42. The lowest BCUT2D eigenvalue weighted by atomic mass is 10.1. The quantitative estimate of drug-likeness (QED) is 0.815. The van der Waals surface area contributed by atoms with E-state index in [9.17, 15) is 4.79 Å². The number of carbonyl (C=O) groups excluding carboxylic acids is 1. The van der Waals surface area contributed by atoms with Crippen molar-refractivity contribution >= 4 is 21.7 Å². The van der Waals surface area contributed by atoms with Crippen LogP contribution in [0.25, 0.3) is 0 Å². The Balaban J connectivity index is 2.21. The molecule has 0 N–H and O–H groups in total. The fourth-order valence-electron chi connectivity index (χ4n) is 1.53. The normalized spacial score (nSPS) is 10.1. The standard InChI is InChI=1S/C13H11BrN2O2/c1-18-10-2-3-11(14)9(6-10)7-13(17)12-4-5-15-8-16-12/h2-6,8H,7H2,1H3. The predicted octanol–water partition coefficient (Wildman–Crippen LogP) is 2.67. The Hall–Kier alpha value is -1.75.